The number of nitrogens with zero attached hydrogens (tertiary/aromatic N) is 1. The molecule has 0 aliphatic carbocycles. The minimum atomic E-state index is -4.53. The van der Waals surface area contributed by atoms with E-state index in [4.69, 9.17) is 4.74 Å². The third-order valence-electron chi connectivity index (χ3n) is 4.32. The SMILES string of the molecule is O=C(CCC1CCNC1)Nc1ccc(Oc2cccc(C(F)(F)F)n2)cc1. The molecular weight excluding hydrogens is 359 g/mol. The van der Waals surface area contributed by atoms with Gasteiger partial charge in [-0.25, -0.2) is 4.98 Å². The molecule has 1 fully saturated rings. The lowest BCUT2D eigenvalue weighted by molar-refractivity contribution is -0.141. The highest BCUT2D eigenvalue weighted by Gasteiger charge is 2.32. The van der Waals surface area contributed by atoms with Gasteiger partial charge in [0.2, 0.25) is 11.8 Å². The molecule has 1 unspecified atom stereocenters. The molecule has 2 heterocycles. The Morgan fingerprint density at radius 1 is 1.22 bits per heavy atom. The lowest BCUT2D eigenvalue weighted by Crippen LogP contribution is -2.14. The molecule has 0 spiro atoms. The van der Waals surface area contributed by atoms with Gasteiger partial charge in [0.1, 0.15) is 11.4 Å². The Morgan fingerprint density at radius 3 is 2.67 bits per heavy atom. The van der Waals surface area contributed by atoms with Crippen molar-refractivity contribution in [1.29, 1.82) is 0 Å². The van der Waals surface area contributed by atoms with E-state index >= 15 is 0 Å². The number of rotatable bonds is 6. The number of benzene rings is 1. The molecule has 8 heteroatoms. The second kappa shape index (κ2) is 8.39. The van der Waals surface area contributed by atoms with Gasteiger partial charge in [-0.15, -0.1) is 0 Å². The minimum absolute atomic E-state index is 0.0601. The second-order valence-corrected chi connectivity index (χ2v) is 6.43. The Bertz CT molecular complexity index is 773. The summed E-state index contributed by atoms with van der Waals surface area (Å²) in [7, 11) is 0. The number of hydrogen-bond acceptors (Lipinski definition) is 4. The molecule has 1 aliphatic heterocycles. The molecule has 144 valence electrons. The van der Waals surface area contributed by atoms with Crippen LogP contribution in [0, 0.1) is 5.92 Å². The van der Waals surface area contributed by atoms with Crippen molar-refractivity contribution < 1.29 is 22.7 Å². The molecular formula is C19H20F3N3O2. The molecule has 1 saturated heterocycles. The van der Waals surface area contributed by atoms with Crippen LogP contribution >= 0.6 is 0 Å². The number of hydrogen-bond donors (Lipinski definition) is 2. The van der Waals surface area contributed by atoms with Crippen molar-refractivity contribution in [3.05, 3.63) is 48.2 Å². The first-order valence-electron chi connectivity index (χ1n) is 8.73. The summed E-state index contributed by atoms with van der Waals surface area (Å²) in [5.41, 5.74) is -0.407. The number of carbonyl (C=O) groups excluding carboxylic acids is 1. The van der Waals surface area contributed by atoms with Gasteiger partial charge >= 0.3 is 6.18 Å². The van der Waals surface area contributed by atoms with Crippen LogP contribution in [0.3, 0.4) is 0 Å². The van der Waals surface area contributed by atoms with E-state index in [2.05, 4.69) is 15.6 Å². The van der Waals surface area contributed by atoms with E-state index in [1.165, 1.54) is 12.1 Å². The topological polar surface area (TPSA) is 63.2 Å². The molecule has 0 bridgehead atoms. The Labute approximate surface area is 154 Å². The van der Waals surface area contributed by atoms with Crippen LogP contribution in [-0.4, -0.2) is 24.0 Å². The summed E-state index contributed by atoms with van der Waals surface area (Å²) in [5.74, 6) is 0.672. The van der Waals surface area contributed by atoms with Crippen molar-refractivity contribution >= 4 is 11.6 Å². The van der Waals surface area contributed by atoms with Gasteiger partial charge in [-0.2, -0.15) is 13.2 Å². The molecule has 1 aliphatic rings. The van der Waals surface area contributed by atoms with Crippen LogP contribution in [0.25, 0.3) is 0 Å². The molecule has 2 aromatic rings. The molecule has 3 rings (SSSR count). The normalized spacial score (nSPS) is 16.9. The van der Waals surface area contributed by atoms with E-state index in [-0.39, 0.29) is 11.8 Å². The Kier molecular flexibility index (Phi) is 5.95. The van der Waals surface area contributed by atoms with E-state index in [9.17, 15) is 18.0 Å². The molecule has 5 nitrogen and oxygen atoms in total. The van der Waals surface area contributed by atoms with Crippen molar-refractivity contribution in [3.63, 3.8) is 0 Å². The van der Waals surface area contributed by atoms with Crippen LogP contribution < -0.4 is 15.4 Å². The summed E-state index contributed by atoms with van der Waals surface area (Å²) in [6.07, 6.45) is -2.12. The monoisotopic (exact) mass is 379 g/mol. The lowest BCUT2D eigenvalue weighted by atomic mass is 10.0. The van der Waals surface area contributed by atoms with Crippen LogP contribution in [0.5, 0.6) is 11.6 Å². The van der Waals surface area contributed by atoms with E-state index in [0.717, 1.165) is 32.0 Å². The van der Waals surface area contributed by atoms with Gasteiger partial charge in [0, 0.05) is 18.2 Å². The highest BCUT2D eigenvalue weighted by Crippen LogP contribution is 2.30. The van der Waals surface area contributed by atoms with E-state index in [0.29, 0.717) is 23.8 Å². The van der Waals surface area contributed by atoms with E-state index in [1.807, 2.05) is 0 Å². The average molecular weight is 379 g/mol. The highest BCUT2D eigenvalue weighted by molar-refractivity contribution is 5.90. The fourth-order valence-corrected chi connectivity index (χ4v) is 2.88. The molecule has 2 N–H and O–H groups in total. The zero-order valence-corrected chi connectivity index (χ0v) is 14.6. The van der Waals surface area contributed by atoms with Crippen LogP contribution in [0.1, 0.15) is 25.0 Å². The highest BCUT2D eigenvalue weighted by atomic mass is 19.4. The number of alkyl halides is 3. The molecule has 0 radical (unpaired) electrons. The first-order chi connectivity index (χ1) is 12.9. The summed E-state index contributed by atoms with van der Waals surface area (Å²) in [4.78, 5) is 15.4. The van der Waals surface area contributed by atoms with Crippen LogP contribution in [0.2, 0.25) is 0 Å². The maximum absolute atomic E-state index is 12.7. The standard InChI is InChI=1S/C19H20F3N3O2/c20-19(21,22)16-2-1-3-18(25-16)27-15-7-5-14(6-8-15)24-17(26)9-4-13-10-11-23-12-13/h1-3,5-8,13,23H,4,9-12H2,(H,24,26). The molecule has 1 amide bonds. The summed E-state index contributed by atoms with van der Waals surface area (Å²) in [5, 5.41) is 6.08. The smallest absolute Gasteiger partial charge is 0.433 e. The molecule has 0 saturated carbocycles. The predicted octanol–water partition coefficient (Wildman–Crippen LogP) is 4.22. The van der Waals surface area contributed by atoms with Crippen molar-refractivity contribution in [2.45, 2.75) is 25.4 Å². The summed E-state index contributed by atoms with van der Waals surface area (Å²) in [6.45, 7) is 1.97. The number of amides is 1. The number of nitrogens with one attached hydrogen (secondary N) is 2. The largest absolute Gasteiger partial charge is 0.439 e. The van der Waals surface area contributed by atoms with Crippen LogP contribution in [0.15, 0.2) is 42.5 Å². The Balaban J connectivity index is 1.53. The fourth-order valence-electron chi connectivity index (χ4n) is 2.88. The Hall–Kier alpha value is -2.61. The predicted molar refractivity (Wildman–Crippen MR) is 94.6 cm³/mol. The molecule has 1 aromatic heterocycles. The third kappa shape index (κ3) is 5.68. The molecule has 1 aromatic carbocycles. The van der Waals surface area contributed by atoms with Gasteiger partial charge in [0.15, 0.2) is 0 Å². The zero-order valence-electron chi connectivity index (χ0n) is 14.6. The zero-order chi connectivity index (χ0) is 19.3. The van der Waals surface area contributed by atoms with Gasteiger partial charge in [-0.1, -0.05) is 6.07 Å². The number of ether oxygens (including phenoxy) is 1. The van der Waals surface area contributed by atoms with Gasteiger partial charge in [-0.05, 0) is 62.2 Å². The first-order valence-corrected chi connectivity index (χ1v) is 8.73. The van der Waals surface area contributed by atoms with Crippen LogP contribution in [-0.2, 0) is 11.0 Å². The maximum Gasteiger partial charge on any atom is 0.433 e. The molecule has 27 heavy (non-hydrogen) atoms. The lowest BCUT2D eigenvalue weighted by Gasteiger charge is -2.10. The van der Waals surface area contributed by atoms with Gasteiger partial charge in [0.05, 0.1) is 0 Å². The number of halogens is 3. The summed E-state index contributed by atoms with van der Waals surface area (Å²) < 4.78 is 43.4. The van der Waals surface area contributed by atoms with Crippen molar-refractivity contribution in [3.8, 4) is 11.6 Å². The van der Waals surface area contributed by atoms with Crippen molar-refractivity contribution in [2.75, 3.05) is 18.4 Å². The average Bonchev–Trinajstić information content (AvgIpc) is 3.15. The van der Waals surface area contributed by atoms with Gasteiger partial charge in [-0.3, -0.25) is 4.79 Å². The Morgan fingerprint density at radius 2 is 2.00 bits per heavy atom. The van der Waals surface area contributed by atoms with Gasteiger partial charge < -0.3 is 15.4 Å². The van der Waals surface area contributed by atoms with Crippen LogP contribution in [0.4, 0.5) is 18.9 Å². The van der Waals surface area contributed by atoms with E-state index < -0.39 is 11.9 Å². The quantitative estimate of drug-likeness (QED) is 0.789. The third-order valence-corrected chi connectivity index (χ3v) is 4.32. The van der Waals surface area contributed by atoms with Gasteiger partial charge in [0.25, 0.3) is 0 Å². The first kappa shape index (κ1) is 19.2. The maximum atomic E-state index is 12.7. The summed E-state index contributed by atoms with van der Waals surface area (Å²) >= 11 is 0. The number of aromatic nitrogens is 1. The number of carbonyl (C=O) groups is 1. The number of pyridine rings is 1. The number of anilines is 1. The van der Waals surface area contributed by atoms with Crippen molar-refractivity contribution in [2.24, 2.45) is 5.92 Å². The van der Waals surface area contributed by atoms with Crippen molar-refractivity contribution in [1.82, 2.24) is 10.3 Å². The minimum Gasteiger partial charge on any atom is -0.439 e. The summed E-state index contributed by atoms with van der Waals surface area (Å²) in [6, 6.07) is 9.88. The van der Waals surface area contributed by atoms with E-state index in [1.54, 1.807) is 24.3 Å². The second-order valence-electron chi connectivity index (χ2n) is 6.43. The fraction of sp³-hybridized carbons (Fsp3) is 0.368. The molecule has 1 atom stereocenters.